The lowest BCUT2D eigenvalue weighted by Crippen LogP contribution is -1.99. The Morgan fingerprint density at radius 1 is 1.33 bits per heavy atom. The number of hydrogen-bond acceptors (Lipinski definition) is 5. The van der Waals surface area contributed by atoms with Gasteiger partial charge >= 0.3 is 5.97 Å². The number of aryl methyl sites for hydroxylation is 1. The lowest BCUT2D eigenvalue weighted by molar-refractivity contribution is 0.0697. The Hall–Kier alpha value is -2.18. The monoisotopic (exact) mass is 319 g/mol. The molecular weight excluding hydrogens is 310 g/mol. The van der Waals surface area contributed by atoms with Crippen LogP contribution in [-0.4, -0.2) is 21.0 Å². The van der Waals surface area contributed by atoms with Crippen LogP contribution in [0.1, 0.15) is 15.2 Å². The maximum Gasteiger partial charge on any atom is 0.335 e. The van der Waals surface area contributed by atoms with Crippen LogP contribution in [0.5, 0.6) is 0 Å². The van der Waals surface area contributed by atoms with Crippen LogP contribution in [-0.2, 0) is 0 Å². The smallest absolute Gasteiger partial charge is 0.335 e. The van der Waals surface area contributed by atoms with Gasteiger partial charge in [0.05, 0.1) is 21.7 Å². The van der Waals surface area contributed by atoms with Gasteiger partial charge in [-0.05, 0) is 31.2 Å². The number of benzene rings is 1. The zero-order valence-corrected chi connectivity index (χ0v) is 12.5. The predicted molar refractivity (Wildman–Crippen MR) is 83.8 cm³/mol. The van der Waals surface area contributed by atoms with E-state index in [4.69, 9.17) is 16.7 Å². The SMILES string of the molecule is Cc1cc2c(Nc3ccc(C(=O)O)cc3Cl)ncnc2s1. The summed E-state index contributed by atoms with van der Waals surface area (Å²) in [7, 11) is 0. The van der Waals surface area contributed by atoms with E-state index in [1.54, 1.807) is 17.4 Å². The number of aromatic carboxylic acids is 1. The van der Waals surface area contributed by atoms with Gasteiger partial charge in [0.1, 0.15) is 17.0 Å². The van der Waals surface area contributed by atoms with Crippen molar-refractivity contribution in [3.8, 4) is 0 Å². The van der Waals surface area contributed by atoms with Gasteiger partial charge in [0.25, 0.3) is 0 Å². The summed E-state index contributed by atoms with van der Waals surface area (Å²) >= 11 is 7.70. The minimum atomic E-state index is -1.01. The quantitative estimate of drug-likeness (QED) is 0.760. The van der Waals surface area contributed by atoms with Crippen molar-refractivity contribution >= 4 is 50.6 Å². The Morgan fingerprint density at radius 2 is 2.14 bits per heavy atom. The van der Waals surface area contributed by atoms with E-state index < -0.39 is 5.97 Å². The van der Waals surface area contributed by atoms with E-state index in [2.05, 4.69) is 15.3 Å². The molecule has 0 unspecified atom stereocenters. The summed E-state index contributed by atoms with van der Waals surface area (Å²) in [5, 5.41) is 13.3. The molecule has 0 spiro atoms. The fourth-order valence-electron chi connectivity index (χ4n) is 1.95. The first kappa shape index (κ1) is 13.8. The lowest BCUT2D eigenvalue weighted by Gasteiger charge is -2.08. The molecule has 21 heavy (non-hydrogen) atoms. The van der Waals surface area contributed by atoms with Gasteiger partial charge in [-0.25, -0.2) is 14.8 Å². The number of halogens is 1. The van der Waals surface area contributed by atoms with Crippen molar-refractivity contribution in [3.05, 3.63) is 46.1 Å². The molecule has 0 aliphatic heterocycles. The number of aromatic nitrogens is 2. The van der Waals surface area contributed by atoms with E-state index in [9.17, 15) is 4.79 Å². The first-order chi connectivity index (χ1) is 10.0. The van der Waals surface area contributed by atoms with Crippen molar-refractivity contribution in [2.45, 2.75) is 6.92 Å². The minimum Gasteiger partial charge on any atom is -0.478 e. The number of anilines is 2. The molecule has 3 aromatic rings. The Kier molecular flexibility index (Phi) is 3.48. The van der Waals surface area contributed by atoms with E-state index in [0.29, 0.717) is 16.5 Å². The molecule has 0 atom stereocenters. The minimum absolute atomic E-state index is 0.143. The number of nitrogens with one attached hydrogen (secondary N) is 1. The first-order valence-electron chi connectivity index (χ1n) is 6.05. The molecule has 2 heterocycles. The molecule has 0 amide bonds. The second-order valence-corrected chi connectivity index (χ2v) is 6.06. The number of carbonyl (C=O) groups is 1. The fourth-order valence-corrected chi connectivity index (χ4v) is 3.03. The number of carboxylic acids is 1. The molecule has 5 nitrogen and oxygen atoms in total. The third-order valence-electron chi connectivity index (χ3n) is 2.92. The van der Waals surface area contributed by atoms with Crippen molar-refractivity contribution in [1.29, 1.82) is 0 Å². The van der Waals surface area contributed by atoms with Crippen LogP contribution in [0.15, 0.2) is 30.6 Å². The second-order valence-electron chi connectivity index (χ2n) is 4.42. The van der Waals surface area contributed by atoms with Crippen LogP contribution in [0, 0.1) is 6.92 Å². The highest BCUT2D eigenvalue weighted by Gasteiger charge is 2.11. The molecule has 3 rings (SSSR count). The summed E-state index contributed by atoms with van der Waals surface area (Å²) in [6.07, 6.45) is 1.49. The molecule has 106 valence electrons. The highest BCUT2D eigenvalue weighted by atomic mass is 35.5. The zero-order chi connectivity index (χ0) is 15.0. The van der Waals surface area contributed by atoms with Gasteiger partial charge in [-0.3, -0.25) is 0 Å². The Morgan fingerprint density at radius 3 is 2.86 bits per heavy atom. The Bertz CT molecular complexity index is 847. The topological polar surface area (TPSA) is 75.1 Å². The number of rotatable bonds is 3. The number of carboxylic acid groups (broad SMARTS) is 1. The van der Waals surface area contributed by atoms with E-state index in [-0.39, 0.29) is 5.56 Å². The van der Waals surface area contributed by atoms with Gasteiger partial charge in [-0.1, -0.05) is 11.6 Å². The highest BCUT2D eigenvalue weighted by Crippen LogP contribution is 2.31. The van der Waals surface area contributed by atoms with Crippen LogP contribution in [0.3, 0.4) is 0 Å². The summed E-state index contributed by atoms with van der Waals surface area (Å²) in [5.74, 6) is -0.365. The molecule has 0 bridgehead atoms. The molecule has 1 aromatic carbocycles. The number of fused-ring (bicyclic) bond motifs is 1. The molecule has 0 aliphatic carbocycles. The Balaban J connectivity index is 2.00. The van der Waals surface area contributed by atoms with Crippen molar-refractivity contribution < 1.29 is 9.90 Å². The summed E-state index contributed by atoms with van der Waals surface area (Å²) < 4.78 is 0. The van der Waals surface area contributed by atoms with E-state index >= 15 is 0 Å². The summed E-state index contributed by atoms with van der Waals surface area (Å²) in [6.45, 7) is 2.00. The summed E-state index contributed by atoms with van der Waals surface area (Å²) in [5.41, 5.74) is 0.746. The van der Waals surface area contributed by atoms with Gasteiger partial charge < -0.3 is 10.4 Å². The fraction of sp³-hybridized carbons (Fsp3) is 0.0714. The number of nitrogens with zero attached hydrogens (tertiary/aromatic N) is 2. The maximum atomic E-state index is 10.9. The molecule has 7 heteroatoms. The van der Waals surface area contributed by atoms with Gasteiger partial charge in [0, 0.05) is 4.88 Å². The normalized spacial score (nSPS) is 10.8. The van der Waals surface area contributed by atoms with Crippen molar-refractivity contribution in [2.24, 2.45) is 0 Å². The van der Waals surface area contributed by atoms with E-state index in [0.717, 1.165) is 15.1 Å². The number of hydrogen-bond donors (Lipinski definition) is 2. The zero-order valence-electron chi connectivity index (χ0n) is 10.9. The van der Waals surface area contributed by atoms with E-state index in [1.807, 2.05) is 13.0 Å². The predicted octanol–water partition coefficient (Wildman–Crippen LogP) is 4.09. The molecule has 0 saturated heterocycles. The average molecular weight is 320 g/mol. The van der Waals surface area contributed by atoms with Crippen LogP contribution >= 0.6 is 22.9 Å². The summed E-state index contributed by atoms with van der Waals surface area (Å²) in [6, 6.07) is 6.53. The largest absolute Gasteiger partial charge is 0.478 e. The lowest BCUT2D eigenvalue weighted by atomic mass is 10.2. The van der Waals surface area contributed by atoms with Gasteiger partial charge in [0.15, 0.2) is 0 Å². The Labute approximate surface area is 129 Å². The third kappa shape index (κ3) is 2.68. The molecule has 0 fully saturated rings. The molecule has 2 N–H and O–H groups in total. The maximum absolute atomic E-state index is 10.9. The third-order valence-corrected chi connectivity index (χ3v) is 4.19. The van der Waals surface area contributed by atoms with Crippen molar-refractivity contribution in [1.82, 2.24) is 9.97 Å². The molecule has 0 saturated carbocycles. The average Bonchev–Trinajstić information content (AvgIpc) is 2.82. The molecule has 0 aliphatic rings. The standard InChI is InChI=1S/C14H10ClN3O2S/c1-7-4-9-12(16-6-17-13(9)21-7)18-11-3-2-8(14(19)20)5-10(11)15/h2-6H,1H3,(H,19,20)(H,16,17,18). The van der Waals surface area contributed by atoms with Crippen LogP contribution in [0.4, 0.5) is 11.5 Å². The summed E-state index contributed by atoms with van der Waals surface area (Å²) in [4.78, 5) is 21.4. The van der Waals surface area contributed by atoms with Crippen LogP contribution in [0.2, 0.25) is 5.02 Å². The van der Waals surface area contributed by atoms with Gasteiger partial charge in [0.2, 0.25) is 0 Å². The first-order valence-corrected chi connectivity index (χ1v) is 7.25. The molecular formula is C14H10ClN3O2S. The van der Waals surface area contributed by atoms with Crippen LogP contribution in [0.25, 0.3) is 10.2 Å². The second kappa shape index (κ2) is 5.31. The molecule has 2 aromatic heterocycles. The van der Waals surface area contributed by atoms with Crippen LogP contribution < -0.4 is 5.32 Å². The molecule has 0 radical (unpaired) electrons. The van der Waals surface area contributed by atoms with E-state index in [1.165, 1.54) is 18.5 Å². The highest BCUT2D eigenvalue weighted by molar-refractivity contribution is 7.18. The van der Waals surface area contributed by atoms with Crippen molar-refractivity contribution in [2.75, 3.05) is 5.32 Å². The van der Waals surface area contributed by atoms with Crippen molar-refractivity contribution in [3.63, 3.8) is 0 Å². The number of thiophene rings is 1. The van der Waals surface area contributed by atoms with Gasteiger partial charge in [-0.15, -0.1) is 11.3 Å². The van der Waals surface area contributed by atoms with Gasteiger partial charge in [-0.2, -0.15) is 0 Å².